The van der Waals surface area contributed by atoms with Crippen molar-refractivity contribution >= 4 is 5.91 Å². The summed E-state index contributed by atoms with van der Waals surface area (Å²) in [6.45, 7) is 1.89. The van der Waals surface area contributed by atoms with E-state index < -0.39 is 12.0 Å². The molecular formula is C15H20N4O2. The van der Waals surface area contributed by atoms with Gasteiger partial charge in [-0.1, -0.05) is 30.3 Å². The second kappa shape index (κ2) is 7.56. The molecule has 2 rings (SSSR count). The number of nitrogens with two attached hydrogens (primary N) is 1. The molecule has 21 heavy (non-hydrogen) atoms. The molecule has 0 aliphatic rings. The fourth-order valence-corrected chi connectivity index (χ4v) is 2.12. The molecule has 1 heterocycles. The van der Waals surface area contributed by atoms with Gasteiger partial charge in [-0.25, -0.2) is 4.98 Å². The maximum Gasteiger partial charge on any atom is 0.284 e. The topological polar surface area (TPSA) is 93.2 Å². The number of aliphatic hydroxyl groups is 1. The molecule has 1 unspecified atom stereocenters. The summed E-state index contributed by atoms with van der Waals surface area (Å²) in [5, 5.41) is 13.2. The lowest BCUT2D eigenvalue weighted by atomic mass is 10.1. The lowest BCUT2D eigenvalue weighted by Gasteiger charge is -2.12. The van der Waals surface area contributed by atoms with Crippen LogP contribution in [0.1, 0.15) is 28.7 Å². The minimum atomic E-state index is -0.521. The molecule has 4 N–H and O–H groups in total. The number of benzene rings is 1. The zero-order chi connectivity index (χ0) is 15.1. The van der Waals surface area contributed by atoms with Crippen LogP contribution in [0.4, 0.5) is 0 Å². The van der Waals surface area contributed by atoms with Crippen LogP contribution in [-0.4, -0.2) is 33.7 Å². The zero-order valence-corrected chi connectivity index (χ0v) is 11.8. The van der Waals surface area contributed by atoms with E-state index in [0.29, 0.717) is 13.1 Å². The summed E-state index contributed by atoms with van der Waals surface area (Å²) in [5.74, 6) is -0.244. The van der Waals surface area contributed by atoms with E-state index in [2.05, 4.69) is 10.3 Å². The number of carbonyl (C=O) groups excluding carboxylic acids is 1. The van der Waals surface area contributed by atoms with E-state index in [-0.39, 0.29) is 5.82 Å². The van der Waals surface area contributed by atoms with Crippen LogP contribution in [-0.2, 0) is 6.54 Å². The van der Waals surface area contributed by atoms with Crippen molar-refractivity contribution < 1.29 is 9.90 Å². The quantitative estimate of drug-likeness (QED) is 0.623. The lowest BCUT2D eigenvalue weighted by Crippen LogP contribution is -2.24. The average molecular weight is 288 g/mol. The molecule has 112 valence electrons. The summed E-state index contributed by atoms with van der Waals surface area (Å²) < 4.78 is 1.73. The van der Waals surface area contributed by atoms with E-state index >= 15 is 0 Å². The van der Waals surface area contributed by atoms with Gasteiger partial charge in [0.05, 0.1) is 6.10 Å². The Kier molecular flexibility index (Phi) is 5.48. The second-order valence-electron chi connectivity index (χ2n) is 4.79. The van der Waals surface area contributed by atoms with Gasteiger partial charge in [-0.15, -0.1) is 0 Å². The summed E-state index contributed by atoms with van der Waals surface area (Å²) in [4.78, 5) is 15.0. The monoisotopic (exact) mass is 288 g/mol. The summed E-state index contributed by atoms with van der Waals surface area (Å²) in [6.07, 6.45) is 3.60. The minimum absolute atomic E-state index is 0.277. The van der Waals surface area contributed by atoms with Gasteiger partial charge in [0.15, 0.2) is 5.82 Å². The highest BCUT2D eigenvalue weighted by Gasteiger charge is 2.08. The van der Waals surface area contributed by atoms with E-state index in [1.165, 1.54) is 0 Å². The van der Waals surface area contributed by atoms with Crippen LogP contribution in [0, 0.1) is 0 Å². The Morgan fingerprint density at radius 2 is 2.14 bits per heavy atom. The number of nitrogens with zero attached hydrogens (tertiary/aromatic N) is 2. The third kappa shape index (κ3) is 4.40. The Morgan fingerprint density at radius 1 is 1.38 bits per heavy atom. The van der Waals surface area contributed by atoms with Crippen LogP contribution in [0.5, 0.6) is 0 Å². The van der Waals surface area contributed by atoms with Crippen molar-refractivity contribution in [2.45, 2.75) is 19.1 Å². The van der Waals surface area contributed by atoms with Crippen molar-refractivity contribution in [1.82, 2.24) is 14.9 Å². The van der Waals surface area contributed by atoms with Crippen LogP contribution < -0.4 is 11.1 Å². The molecule has 0 saturated carbocycles. The third-order valence-electron chi connectivity index (χ3n) is 3.21. The highest BCUT2D eigenvalue weighted by Crippen LogP contribution is 2.10. The first-order valence-electron chi connectivity index (χ1n) is 6.93. The Bertz CT molecular complexity index is 568. The average Bonchev–Trinajstić information content (AvgIpc) is 2.96. The van der Waals surface area contributed by atoms with E-state index in [1.807, 2.05) is 30.3 Å². The van der Waals surface area contributed by atoms with Gasteiger partial charge in [-0.3, -0.25) is 4.79 Å². The number of aromatic nitrogens is 2. The van der Waals surface area contributed by atoms with Crippen LogP contribution in [0.25, 0.3) is 0 Å². The number of aliphatic hydroxyl groups excluding tert-OH is 1. The Balaban J connectivity index is 1.68. The van der Waals surface area contributed by atoms with Gasteiger partial charge in [-0.2, -0.15) is 0 Å². The van der Waals surface area contributed by atoms with Crippen molar-refractivity contribution in [3.05, 3.63) is 54.1 Å². The molecule has 6 heteroatoms. The molecule has 0 saturated heterocycles. The minimum Gasteiger partial charge on any atom is -0.387 e. The molecule has 0 aliphatic carbocycles. The van der Waals surface area contributed by atoms with E-state index in [9.17, 15) is 9.90 Å². The maximum absolute atomic E-state index is 11.1. The number of imidazole rings is 1. The van der Waals surface area contributed by atoms with Gasteiger partial charge < -0.3 is 20.7 Å². The number of carbonyl (C=O) groups is 1. The normalized spacial score (nSPS) is 12.2. The number of nitrogens with one attached hydrogen (secondary N) is 1. The third-order valence-corrected chi connectivity index (χ3v) is 3.21. The number of aryl methyl sites for hydroxylation is 1. The highest BCUT2D eigenvalue weighted by molar-refractivity contribution is 5.89. The van der Waals surface area contributed by atoms with Crippen molar-refractivity contribution in [2.75, 3.05) is 13.1 Å². The molecular weight excluding hydrogens is 268 g/mol. The predicted molar refractivity (Wildman–Crippen MR) is 79.6 cm³/mol. The summed E-state index contributed by atoms with van der Waals surface area (Å²) >= 11 is 0. The Hall–Kier alpha value is -2.18. The number of hydrogen-bond acceptors (Lipinski definition) is 4. The van der Waals surface area contributed by atoms with Gasteiger partial charge in [0, 0.05) is 25.5 Å². The van der Waals surface area contributed by atoms with Crippen LogP contribution in [0.15, 0.2) is 42.7 Å². The maximum atomic E-state index is 11.1. The summed E-state index contributed by atoms with van der Waals surface area (Å²) in [6, 6.07) is 9.53. The van der Waals surface area contributed by atoms with Crippen LogP contribution in [0.2, 0.25) is 0 Å². The first-order valence-corrected chi connectivity index (χ1v) is 6.93. The first-order chi connectivity index (χ1) is 10.2. The molecule has 0 fully saturated rings. The molecule has 1 aromatic heterocycles. The molecule has 0 bridgehead atoms. The number of hydrogen-bond donors (Lipinski definition) is 3. The Labute approximate surface area is 123 Å². The van der Waals surface area contributed by atoms with Crippen LogP contribution >= 0.6 is 0 Å². The largest absolute Gasteiger partial charge is 0.387 e. The van der Waals surface area contributed by atoms with Gasteiger partial charge in [0.1, 0.15) is 0 Å². The predicted octanol–water partition coefficient (Wildman–Crippen LogP) is 0.695. The molecule has 1 atom stereocenters. The fraction of sp³-hybridized carbons (Fsp3) is 0.333. The molecule has 0 spiro atoms. The number of primary amides is 1. The van der Waals surface area contributed by atoms with Gasteiger partial charge in [0.25, 0.3) is 5.91 Å². The smallest absolute Gasteiger partial charge is 0.284 e. The number of rotatable bonds is 8. The van der Waals surface area contributed by atoms with E-state index in [4.69, 9.17) is 5.73 Å². The molecule has 2 aromatic rings. The van der Waals surface area contributed by atoms with Gasteiger partial charge >= 0.3 is 0 Å². The summed E-state index contributed by atoms with van der Waals surface area (Å²) in [7, 11) is 0. The first kappa shape index (κ1) is 15.2. The molecule has 0 aliphatic heterocycles. The van der Waals surface area contributed by atoms with Crippen molar-refractivity contribution in [2.24, 2.45) is 5.73 Å². The molecule has 0 radical (unpaired) electrons. The Morgan fingerprint density at radius 3 is 2.86 bits per heavy atom. The van der Waals surface area contributed by atoms with Gasteiger partial charge in [0.2, 0.25) is 0 Å². The van der Waals surface area contributed by atoms with Gasteiger partial charge in [-0.05, 0) is 18.5 Å². The molecule has 1 amide bonds. The van der Waals surface area contributed by atoms with Crippen molar-refractivity contribution in [3.8, 4) is 0 Å². The molecule has 1 aromatic carbocycles. The zero-order valence-electron chi connectivity index (χ0n) is 11.8. The standard InChI is InChI=1S/C15H20N4O2/c16-14(21)15-18-8-10-19(15)9-4-7-17-11-13(20)12-5-2-1-3-6-12/h1-3,5-6,8,10,13,17,20H,4,7,9,11H2,(H2,16,21). The summed E-state index contributed by atoms with van der Waals surface area (Å²) in [5.41, 5.74) is 6.12. The van der Waals surface area contributed by atoms with Crippen molar-refractivity contribution in [3.63, 3.8) is 0 Å². The number of amides is 1. The second-order valence-corrected chi connectivity index (χ2v) is 4.79. The highest BCUT2D eigenvalue weighted by atomic mass is 16.3. The van der Waals surface area contributed by atoms with E-state index in [0.717, 1.165) is 18.5 Å². The SMILES string of the molecule is NC(=O)c1nccn1CCCNCC(O)c1ccccc1. The fourth-order valence-electron chi connectivity index (χ4n) is 2.12. The van der Waals surface area contributed by atoms with Crippen LogP contribution in [0.3, 0.4) is 0 Å². The molecule has 6 nitrogen and oxygen atoms in total. The lowest BCUT2D eigenvalue weighted by molar-refractivity contribution is 0.0986. The van der Waals surface area contributed by atoms with E-state index in [1.54, 1.807) is 17.0 Å². The van der Waals surface area contributed by atoms with Crippen molar-refractivity contribution in [1.29, 1.82) is 0 Å².